The largest absolute Gasteiger partial charge is 0.451 e. The van der Waals surface area contributed by atoms with Gasteiger partial charge >= 0.3 is 11.9 Å². The molecule has 3 aromatic rings. The van der Waals surface area contributed by atoms with Gasteiger partial charge in [-0.2, -0.15) is 23.5 Å². The van der Waals surface area contributed by atoms with Gasteiger partial charge < -0.3 is 9.30 Å². The minimum absolute atomic E-state index is 0.0296. The lowest BCUT2D eigenvalue weighted by Crippen LogP contribution is -2.25. The Morgan fingerprint density at radius 3 is 2.64 bits per heavy atom. The minimum atomic E-state index is -4.86. The first-order chi connectivity index (χ1) is 13.2. The highest BCUT2D eigenvalue weighted by Crippen LogP contribution is 2.36. The third kappa shape index (κ3) is 3.91. The number of aromatic nitrogens is 4. The lowest BCUT2D eigenvalue weighted by Gasteiger charge is -2.15. The van der Waals surface area contributed by atoms with Crippen molar-refractivity contribution < 1.29 is 17.9 Å². The summed E-state index contributed by atoms with van der Waals surface area (Å²) in [5.41, 5.74) is -3.06. The SMILES string of the molecule is N#Cc1cc(Oc2c(C(F)(F)F)ccn(Cc3n[nH]c(=O)[nH]3)c2=O)ccc1Cl. The highest BCUT2D eigenvalue weighted by molar-refractivity contribution is 6.31. The number of aromatic amines is 2. The van der Waals surface area contributed by atoms with Crippen molar-refractivity contribution in [2.24, 2.45) is 0 Å². The van der Waals surface area contributed by atoms with E-state index in [-0.39, 0.29) is 28.7 Å². The predicted octanol–water partition coefficient (Wildman–Crippen LogP) is 2.64. The van der Waals surface area contributed by atoms with E-state index in [9.17, 15) is 22.8 Å². The number of nitriles is 1. The van der Waals surface area contributed by atoms with E-state index in [4.69, 9.17) is 21.6 Å². The van der Waals surface area contributed by atoms with Crippen molar-refractivity contribution in [1.82, 2.24) is 19.7 Å². The number of ether oxygens (including phenoxy) is 1. The van der Waals surface area contributed by atoms with Crippen LogP contribution in [-0.4, -0.2) is 19.7 Å². The molecule has 0 spiro atoms. The van der Waals surface area contributed by atoms with Gasteiger partial charge in [0.25, 0.3) is 5.56 Å². The number of H-pyrrole nitrogens is 2. The smallest absolute Gasteiger partial charge is 0.420 e. The highest BCUT2D eigenvalue weighted by atomic mass is 35.5. The Labute approximate surface area is 158 Å². The molecule has 0 unspecified atom stereocenters. The molecule has 0 amide bonds. The normalized spacial score (nSPS) is 11.2. The summed E-state index contributed by atoms with van der Waals surface area (Å²) in [4.78, 5) is 26.0. The molecular formula is C16H9ClF3N5O3. The highest BCUT2D eigenvalue weighted by Gasteiger charge is 2.36. The van der Waals surface area contributed by atoms with Crippen LogP contribution in [0.5, 0.6) is 11.5 Å². The minimum Gasteiger partial charge on any atom is -0.451 e. The summed E-state index contributed by atoms with van der Waals surface area (Å²) in [6, 6.07) is 6.04. The standard InChI is InChI=1S/C16H9ClF3N5O3/c17-11-2-1-9(5-8(11)6-21)28-13-10(16(18,19)20)3-4-25(14(13)26)7-12-22-15(27)24-23-12/h1-5H,7H2,(H2,22,23,24,27). The molecule has 0 saturated heterocycles. The van der Waals surface area contributed by atoms with E-state index in [0.29, 0.717) is 6.07 Å². The van der Waals surface area contributed by atoms with Crippen LogP contribution >= 0.6 is 11.6 Å². The first-order valence-corrected chi connectivity index (χ1v) is 7.88. The zero-order valence-electron chi connectivity index (χ0n) is 13.7. The Kier molecular flexibility index (Phi) is 4.98. The second-order valence-corrected chi connectivity index (χ2v) is 5.88. The van der Waals surface area contributed by atoms with Crippen molar-refractivity contribution >= 4 is 11.6 Å². The maximum absolute atomic E-state index is 13.3. The zero-order valence-corrected chi connectivity index (χ0v) is 14.4. The second-order valence-electron chi connectivity index (χ2n) is 5.47. The Hall–Kier alpha value is -3.52. The van der Waals surface area contributed by atoms with Crippen molar-refractivity contribution in [2.75, 3.05) is 0 Å². The summed E-state index contributed by atoms with van der Waals surface area (Å²) >= 11 is 5.79. The first-order valence-electron chi connectivity index (χ1n) is 7.50. The molecule has 3 rings (SSSR count). The molecule has 0 fully saturated rings. The summed E-state index contributed by atoms with van der Waals surface area (Å²) in [5, 5.41) is 14.8. The van der Waals surface area contributed by atoms with Crippen molar-refractivity contribution in [3.05, 3.63) is 73.3 Å². The van der Waals surface area contributed by atoms with Gasteiger partial charge in [0.2, 0.25) is 5.75 Å². The molecule has 0 saturated carbocycles. The average Bonchev–Trinajstić information content (AvgIpc) is 3.03. The van der Waals surface area contributed by atoms with Crippen molar-refractivity contribution in [1.29, 1.82) is 5.26 Å². The fraction of sp³-hybridized carbons (Fsp3) is 0.125. The predicted molar refractivity (Wildman–Crippen MR) is 90.3 cm³/mol. The van der Waals surface area contributed by atoms with Gasteiger partial charge in [0, 0.05) is 12.3 Å². The number of rotatable bonds is 4. The van der Waals surface area contributed by atoms with Gasteiger partial charge in [-0.05, 0) is 18.2 Å². The van der Waals surface area contributed by atoms with Gasteiger partial charge in [0.1, 0.15) is 17.4 Å². The van der Waals surface area contributed by atoms with Crippen LogP contribution in [0.2, 0.25) is 5.02 Å². The fourth-order valence-electron chi connectivity index (χ4n) is 2.31. The van der Waals surface area contributed by atoms with E-state index in [0.717, 1.165) is 16.8 Å². The Balaban J connectivity index is 2.08. The Morgan fingerprint density at radius 2 is 2.04 bits per heavy atom. The number of nitrogens with one attached hydrogen (secondary N) is 2. The molecule has 0 bridgehead atoms. The summed E-state index contributed by atoms with van der Waals surface area (Å²) in [6.45, 7) is -0.296. The van der Waals surface area contributed by atoms with Crippen LogP contribution in [-0.2, 0) is 12.7 Å². The Morgan fingerprint density at radius 1 is 1.29 bits per heavy atom. The van der Waals surface area contributed by atoms with Crippen LogP contribution < -0.4 is 16.0 Å². The van der Waals surface area contributed by atoms with Crippen molar-refractivity contribution in [2.45, 2.75) is 12.7 Å². The average molecular weight is 412 g/mol. The summed E-state index contributed by atoms with van der Waals surface area (Å²) in [6.07, 6.45) is -3.95. The van der Waals surface area contributed by atoms with E-state index in [1.807, 2.05) is 0 Å². The third-order valence-electron chi connectivity index (χ3n) is 3.57. The third-order valence-corrected chi connectivity index (χ3v) is 3.90. The van der Waals surface area contributed by atoms with E-state index in [2.05, 4.69) is 15.2 Å². The summed E-state index contributed by atoms with van der Waals surface area (Å²) in [5.74, 6) is -1.12. The van der Waals surface area contributed by atoms with Crippen LogP contribution in [0.25, 0.3) is 0 Å². The summed E-state index contributed by atoms with van der Waals surface area (Å²) < 4.78 is 46.1. The van der Waals surface area contributed by atoms with Gasteiger partial charge in [0.05, 0.1) is 17.1 Å². The van der Waals surface area contributed by atoms with E-state index in [1.54, 1.807) is 6.07 Å². The van der Waals surface area contributed by atoms with E-state index < -0.39 is 28.7 Å². The molecule has 0 atom stereocenters. The maximum atomic E-state index is 13.3. The molecule has 0 aliphatic rings. The van der Waals surface area contributed by atoms with Crippen LogP contribution in [0, 0.1) is 11.3 Å². The molecule has 2 N–H and O–H groups in total. The number of alkyl halides is 3. The molecule has 2 heterocycles. The van der Waals surface area contributed by atoms with Crippen molar-refractivity contribution in [3.63, 3.8) is 0 Å². The first kappa shape index (κ1) is 19.2. The second kappa shape index (κ2) is 7.24. The number of nitrogens with zero attached hydrogens (tertiary/aromatic N) is 3. The van der Waals surface area contributed by atoms with E-state index >= 15 is 0 Å². The fourth-order valence-corrected chi connectivity index (χ4v) is 2.47. The molecule has 1 aromatic carbocycles. The lowest BCUT2D eigenvalue weighted by atomic mass is 10.2. The monoisotopic (exact) mass is 411 g/mol. The quantitative estimate of drug-likeness (QED) is 0.684. The molecule has 0 radical (unpaired) electrons. The molecular weight excluding hydrogens is 403 g/mol. The van der Waals surface area contributed by atoms with E-state index in [1.165, 1.54) is 12.1 Å². The van der Waals surface area contributed by atoms with Crippen molar-refractivity contribution in [3.8, 4) is 17.6 Å². The topological polar surface area (TPSA) is 117 Å². The van der Waals surface area contributed by atoms with Gasteiger partial charge in [-0.15, -0.1) is 0 Å². The number of halogens is 4. The molecule has 0 aliphatic carbocycles. The number of benzene rings is 1. The van der Waals surface area contributed by atoms with Crippen LogP contribution in [0.4, 0.5) is 13.2 Å². The van der Waals surface area contributed by atoms with Crippen LogP contribution in [0.3, 0.4) is 0 Å². The van der Waals surface area contributed by atoms with Gasteiger partial charge in [-0.25, -0.2) is 9.89 Å². The zero-order chi connectivity index (χ0) is 20.5. The Bertz CT molecular complexity index is 1190. The molecule has 144 valence electrons. The molecule has 2 aromatic heterocycles. The van der Waals surface area contributed by atoms with Crippen LogP contribution in [0.15, 0.2) is 40.1 Å². The van der Waals surface area contributed by atoms with Gasteiger partial charge in [0.15, 0.2) is 5.82 Å². The molecule has 28 heavy (non-hydrogen) atoms. The van der Waals surface area contributed by atoms with Gasteiger partial charge in [-0.1, -0.05) is 11.6 Å². The van der Waals surface area contributed by atoms with Gasteiger partial charge in [-0.3, -0.25) is 9.78 Å². The maximum Gasteiger partial charge on any atom is 0.420 e. The molecule has 0 aliphatic heterocycles. The molecule has 12 heteroatoms. The number of hydrogen-bond donors (Lipinski definition) is 2. The number of pyridine rings is 1. The lowest BCUT2D eigenvalue weighted by molar-refractivity contribution is -0.138. The summed E-state index contributed by atoms with van der Waals surface area (Å²) in [7, 11) is 0. The van der Waals surface area contributed by atoms with Crippen LogP contribution in [0.1, 0.15) is 17.0 Å². The molecule has 8 nitrogen and oxygen atoms in total. The number of hydrogen-bond acceptors (Lipinski definition) is 5.